The van der Waals surface area contributed by atoms with Gasteiger partial charge in [0.25, 0.3) is 10.0 Å². The molecule has 0 saturated carbocycles. The maximum Gasteiger partial charge on any atom is 0.264 e. The van der Waals surface area contributed by atoms with Crippen LogP contribution in [0.25, 0.3) is 0 Å². The topological polar surface area (TPSA) is 96.0 Å². The first-order valence-corrected chi connectivity index (χ1v) is 15.0. The number of nitrogens with one attached hydrogen (secondary N) is 1. The smallest absolute Gasteiger partial charge is 0.264 e. The molecule has 40 heavy (non-hydrogen) atoms. The number of nitrogens with zero attached hydrogens (tertiary/aromatic N) is 2. The summed E-state index contributed by atoms with van der Waals surface area (Å²) in [5.41, 5.74) is 2.17. The molecule has 8 nitrogen and oxygen atoms in total. The van der Waals surface area contributed by atoms with Crippen LogP contribution in [0.15, 0.2) is 83.8 Å². The molecule has 0 unspecified atom stereocenters. The van der Waals surface area contributed by atoms with Gasteiger partial charge in [0.15, 0.2) is 0 Å². The Balaban J connectivity index is 2.01. The van der Waals surface area contributed by atoms with Crippen molar-refractivity contribution in [2.24, 2.45) is 0 Å². The molecule has 9 heteroatoms. The summed E-state index contributed by atoms with van der Waals surface area (Å²) in [6.07, 6.45) is 0.741. The Morgan fingerprint density at radius 3 is 2.20 bits per heavy atom. The van der Waals surface area contributed by atoms with Crippen molar-refractivity contribution in [2.75, 3.05) is 17.5 Å². The highest BCUT2D eigenvalue weighted by atomic mass is 32.2. The third-order valence-electron chi connectivity index (χ3n) is 6.65. The number of aryl methyl sites for hydroxylation is 1. The molecule has 2 atom stereocenters. The number of amides is 2. The van der Waals surface area contributed by atoms with Crippen LogP contribution in [0, 0.1) is 6.92 Å². The van der Waals surface area contributed by atoms with Crippen molar-refractivity contribution in [3.63, 3.8) is 0 Å². The Morgan fingerprint density at radius 2 is 1.60 bits per heavy atom. The molecule has 2 amide bonds. The summed E-state index contributed by atoms with van der Waals surface area (Å²) in [6, 6.07) is 21.3. The summed E-state index contributed by atoms with van der Waals surface area (Å²) in [6.45, 7) is 9.48. The molecule has 0 spiro atoms. The third kappa shape index (κ3) is 7.85. The molecule has 0 fully saturated rings. The van der Waals surface area contributed by atoms with Crippen molar-refractivity contribution in [3.05, 3.63) is 90.0 Å². The minimum atomic E-state index is -4.11. The van der Waals surface area contributed by atoms with E-state index in [1.807, 2.05) is 52.0 Å². The minimum Gasteiger partial charge on any atom is -0.494 e. The van der Waals surface area contributed by atoms with Crippen molar-refractivity contribution in [3.8, 4) is 5.75 Å². The minimum absolute atomic E-state index is 0.0597. The zero-order valence-electron chi connectivity index (χ0n) is 23.8. The quantitative estimate of drug-likeness (QED) is 0.317. The summed E-state index contributed by atoms with van der Waals surface area (Å²) in [7, 11) is -4.11. The normalized spacial score (nSPS) is 12.7. The van der Waals surface area contributed by atoms with Crippen molar-refractivity contribution in [2.45, 2.75) is 64.6 Å². The average molecular weight is 566 g/mol. The number of hydrogen-bond acceptors (Lipinski definition) is 5. The van der Waals surface area contributed by atoms with Crippen LogP contribution in [0.4, 0.5) is 5.69 Å². The lowest BCUT2D eigenvalue weighted by molar-refractivity contribution is -0.139. The summed E-state index contributed by atoms with van der Waals surface area (Å²) in [5, 5.41) is 2.94. The van der Waals surface area contributed by atoms with Gasteiger partial charge < -0.3 is 15.0 Å². The van der Waals surface area contributed by atoms with E-state index in [1.54, 1.807) is 49.4 Å². The Hall–Kier alpha value is -3.85. The molecule has 0 saturated heterocycles. The molecule has 0 radical (unpaired) electrons. The number of sulfonamides is 1. The van der Waals surface area contributed by atoms with Gasteiger partial charge in [-0.05, 0) is 76.1 Å². The summed E-state index contributed by atoms with van der Waals surface area (Å²) >= 11 is 0. The van der Waals surface area contributed by atoms with Crippen molar-refractivity contribution in [1.29, 1.82) is 0 Å². The van der Waals surface area contributed by atoms with Gasteiger partial charge in [0.1, 0.15) is 18.3 Å². The Morgan fingerprint density at radius 1 is 0.925 bits per heavy atom. The van der Waals surface area contributed by atoms with Crippen LogP contribution in [-0.2, 0) is 26.2 Å². The van der Waals surface area contributed by atoms with Gasteiger partial charge in [-0.25, -0.2) is 8.42 Å². The summed E-state index contributed by atoms with van der Waals surface area (Å²) in [4.78, 5) is 28.6. The van der Waals surface area contributed by atoms with Gasteiger partial charge in [-0.2, -0.15) is 0 Å². The second-order valence-corrected chi connectivity index (χ2v) is 11.6. The van der Waals surface area contributed by atoms with Gasteiger partial charge in [0.2, 0.25) is 11.8 Å². The van der Waals surface area contributed by atoms with Crippen molar-refractivity contribution < 1.29 is 22.7 Å². The van der Waals surface area contributed by atoms with Crippen LogP contribution in [-0.4, -0.2) is 50.4 Å². The van der Waals surface area contributed by atoms with E-state index in [-0.39, 0.29) is 23.4 Å². The second-order valence-electron chi connectivity index (χ2n) is 9.76. The van der Waals surface area contributed by atoms with E-state index in [0.29, 0.717) is 18.0 Å². The molecule has 0 aliphatic rings. The van der Waals surface area contributed by atoms with Crippen LogP contribution in [0.3, 0.4) is 0 Å². The van der Waals surface area contributed by atoms with Crippen LogP contribution < -0.4 is 14.4 Å². The molecule has 3 aromatic rings. The highest BCUT2D eigenvalue weighted by molar-refractivity contribution is 7.92. The van der Waals surface area contributed by atoms with Gasteiger partial charge in [0.05, 0.1) is 17.2 Å². The first-order chi connectivity index (χ1) is 19.1. The molecule has 1 N–H and O–H groups in total. The maximum absolute atomic E-state index is 14.0. The maximum atomic E-state index is 14.0. The van der Waals surface area contributed by atoms with Gasteiger partial charge in [0, 0.05) is 12.6 Å². The first kappa shape index (κ1) is 30.7. The predicted molar refractivity (Wildman–Crippen MR) is 158 cm³/mol. The second kappa shape index (κ2) is 14.0. The lowest BCUT2D eigenvalue weighted by atomic mass is 10.1. The number of ether oxygens (including phenoxy) is 1. The lowest BCUT2D eigenvalue weighted by Crippen LogP contribution is -2.52. The number of benzene rings is 3. The highest BCUT2D eigenvalue weighted by Crippen LogP contribution is 2.26. The van der Waals surface area contributed by atoms with E-state index in [2.05, 4.69) is 5.32 Å². The third-order valence-corrected chi connectivity index (χ3v) is 8.44. The van der Waals surface area contributed by atoms with Crippen LogP contribution in [0.5, 0.6) is 5.75 Å². The fourth-order valence-electron chi connectivity index (χ4n) is 4.18. The van der Waals surface area contributed by atoms with Crippen LogP contribution in [0.2, 0.25) is 0 Å². The fraction of sp³-hybridized carbons (Fsp3) is 0.355. The molecule has 0 aliphatic carbocycles. The molecule has 3 rings (SSSR count). The zero-order chi connectivity index (χ0) is 29.3. The number of hydrogen-bond donors (Lipinski definition) is 1. The van der Waals surface area contributed by atoms with Crippen LogP contribution >= 0.6 is 0 Å². The highest BCUT2D eigenvalue weighted by Gasteiger charge is 2.32. The molecule has 0 bridgehead atoms. The first-order valence-electron chi connectivity index (χ1n) is 13.5. The number of carbonyl (C=O) groups excluding carboxylic acids is 2. The fourth-order valence-corrected chi connectivity index (χ4v) is 5.61. The van der Waals surface area contributed by atoms with Gasteiger partial charge in [-0.15, -0.1) is 0 Å². The van der Waals surface area contributed by atoms with Crippen molar-refractivity contribution >= 4 is 27.5 Å². The summed E-state index contributed by atoms with van der Waals surface area (Å²) in [5.74, 6) is -0.207. The molecular formula is C31H39N3O5S. The summed E-state index contributed by atoms with van der Waals surface area (Å²) < 4.78 is 34.3. The molecule has 214 valence electrons. The number of rotatable bonds is 13. The SMILES string of the molecule is CCOc1ccc(N(CC(=O)N(Cc2cccc(C)c2)[C@@H](C)C(=O)N[C@H](C)CC)S(=O)(=O)c2ccccc2)cc1. The van der Waals surface area contributed by atoms with Gasteiger partial charge in [-0.1, -0.05) is 55.0 Å². The molecular weight excluding hydrogens is 526 g/mol. The number of anilines is 1. The molecule has 0 aromatic heterocycles. The zero-order valence-corrected chi connectivity index (χ0v) is 24.6. The Labute approximate surface area is 238 Å². The van der Waals surface area contributed by atoms with E-state index in [0.717, 1.165) is 21.9 Å². The van der Waals surface area contributed by atoms with Gasteiger partial charge in [-0.3, -0.25) is 13.9 Å². The largest absolute Gasteiger partial charge is 0.494 e. The van der Waals surface area contributed by atoms with Crippen LogP contribution in [0.1, 0.15) is 45.2 Å². The lowest BCUT2D eigenvalue weighted by Gasteiger charge is -2.32. The van der Waals surface area contributed by atoms with E-state index in [9.17, 15) is 18.0 Å². The monoisotopic (exact) mass is 565 g/mol. The van der Waals surface area contributed by atoms with E-state index in [1.165, 1.54) is 17.0 Å². The predicted octanol–water partition coefficient (Wildman–Crippen LogP) is 4.92. The molecule has 0 heterocycles. The van der Waals surface area contributed by atoms with Crippen molar-refractivity contribution in [1.82, 2.24) is 10.2 Å². The average Bonchev–Trinajstić information content (AvgIpc) is 2.95. The van der Waals surface area contributed by atoms with E-state index >= 15 is 0 Å². The van der Waals surface area contributed by atoms with Gasteiger partial charge >= 0.3 is 0 Å². The molecule has 0 aliphatic heterocycles. The van der Waals surface area contributed by atoms with E-state index < -0.39 is 28.5 Å². The Bertz CT molecular complexity index is 1380. The standard InChI is InChI=1S/C31H39N3O5S/c1-6-24(4)32-31(36)25(5)33(21-26-13-11-12-23(3)20-26)30(35)22-34(27-16-18-28(19-17-27)39-7-2)40(37,38)29-14-9-8-10-15-29/h8-20,24-25H,6-7,21-22H2,1-5H3,(H,32,36)/t24-,25+/m1/s1. The Kier molecular flexibility index (Phi) is 10.7. The van der Waals surface area contributed by atoms with E-state index in [4.69, 9.17) is 4.74 Å². The number of carbonyl (C=O) groups is 2. The molecule has 3 aromatic carbocycles.